The number of aryl methyl sites for hydroxylation is 1. The van der Waals surface area contributed by atoms with E-state index < -0.39 is 10.0 Å². The Labute approximate surface area is 135 Å². The molecule has 0 spiro atoms. The van der Waals surface area contributed by atoms with E-state index >= 15 is 0 Å². The molecule has 2 atom stereocenters. The van der Waals surface area contributed by atoms with Gasteiger partial charge in [0.25, 0.3) is 0 Å². The van der Waals surface area contributed by atoms with Crippen molar-refractivity contribution in [3.8, 4) is 0 Å². The molecular formula is C12H17Br2NO2S2. The fourth-order valence-electron chi connectivity index (χ4n) is 2.50. The minimum Gasteiger partial charge on any atom is -0.207 e. The smallest absolute Gasteiger partial charge is 0.207 e. The van der Waals surface area contributed by atoms with Gasteiger partial charge in [-0.15, -0.1) is 11.3 Å². The van der Waals surface area contributed by atoms with E-state index in [9.17, 15) is 8.42 Å². The lowest BCUT2D eigenvalue weighted by atomic mass is 9.96. The summed E-state index contributed by atoms with van der Waals surface area (Å²) in [5.41, 5.74) is 0. The summed E-state index contributed by atoms with van der Waals surface area (Å²) in [7, 11) is -1.70. The van der Waals surface area contributed by atoms with Crippen LogP contribution in [0.2, 0.25) is 0 Å². The molecule has 108 valence electrons. The highest BCUT2D eigenvalue weighted by Gasteiger charge is 2.35. The summed E-state index contributed by atoms with van der Waals surface area (Å²) < 4.78 is 27.8. The quantitative estimate of drug-likeness (QED) is 0.675. The Kier molecular flexibility index (Phi) is 5.15. The number of hydrogen-bond acceptors (Lipinski definition) is 3. The van der Waals surface area contributed by atoms with Gasteiger partial charge in [0.05, 0.1) is 8.68 Å². The minimum absolute atomic E-state index is 0.0526. The van der Waals surface area contributed by atoms with Gasteiger partial charge in [0.15, 0.2) is 0 Å². The maximum absolute atomic E-state index is 12.7. The summed E-state index contributed by atoms with van der Waals surface area (Å²) in [5, 5.41) is 0. The lowest BCUT2D eigenvalue weighted by Gasteiger charge is -2.34. The first-order valence-corrected chi connectivity index (χ1v) is 10.2. The minimum atomic E-state index is -3.40. The molecule has 0 aliphatic heterocycles. The van der Waals surface area contributed by atoms with Crippen LogP contribution in [0.3, 0.4) is 0 Å². The first-order chi connectivity index (χ1) is 8.84. The number of thiophene rings is 1. The van der Waals surface area contributed by atoms with Crippen molar-refractivity contribution in [1.29, 1.82) is 0 Å². The lowest BCUT2D eigenvalue weighted by molar-refractivity contribution is 0.297. The van der Waals surface area contributed by atoms with Gasteiger partial charge in [-0.25, -0.2) is 8.42 Å². The summed E-state index contributed by atoms with van der Waals surface area (Å²) in [5.74, 6) is 0. The summed E-state index contributed by atoms with van der Waals surface area (Å²) in [4.78, 5) is 1.52. The number of hydrogen-bond donors (Lipinski definition) is 0. The largest absolute Gasteiger partial charge is 0.244 e. The van der Waals surface area contributed by atoms with Crippen LogP contribution in [0, 0.1) is 6.92 Å². The third-order valence-corrected chi connectivity index (χ3v) is 8.37. The van der Waals surface area contributed by atoms with Crippen molar-refractivity contribution in [3.05, 3.63) is 14.7 Å². The molecule has 0 amide bonds. The molecule has 19 heavy (non-hydrogen) atoms. The molecule has 0 N–H and O–H groups in total. The van der Waals surface area contributed by atoms with Gasteiger partial charge in [-0.2, -0.15) is 4.31 Å². The zero-order valence-corrected chi connectivity index (χ0v) is 15.7. The molecule has 1 aliphatic rings. The Morgan fingerprint density at radius 2 is 2.00 bits per heavy atom. The number of sulfonamides is 1. The molecular weight excluding hydrogens is 414 g/mol. The first kappa shape index (κ1) is 15.9. The topological polar surface area (TPSA) is 37.4 Å². The van der Waals surface area contributed by atoms with Crippen molar-refractivity contribution in [2.24, 2.45) is 0 Å². The molecule has 0 saturated heterocycles. The van der Waals surface area contributed by atoms with Gasteiger partial charge in [0, 0.05) is 22.8 Å². The summed E-state index contributed by atoms with van der Waals surface area (Å²) in [6.07, 6.45) is 4.23. The van der Waals surface area contributed by atoms with Crippen molar-refractivity contribution >= 4 is 53.2 Å². The SMILES string of the molecule is Cc1sc(Br)cc1S(=O)(=O)N(C)C1CCCCC1Br. The van der Waals surface area contributed by atoms with Gasteiger partial charge >= 0.3 is 0 Å². The van der Waals surface area contributed by atoms with Crippen molar-refractivity contribution in [1.82, 2.24) is 4.31 Å². The number of halogens is 2. The van der Waals surface area contributed by atoms with Gasteiger partial charge in [0.1, 0.15) is 0 Å². The van der Waals surface area contributed by atoms with Crippen molar-refractivity contribution < 1.29 is 8.42 Å². The monoisotopic (exact) mass is 429 g/mol. The molecule has 1 aliphatic carbocycles. The van der Waals surface area contributed by atoms with E-state index in [-0.39, 0.29) is 10.9 Å². The third kappa shape index (κ3) is 3.26. The molecule has 3 nitrogen and oxygen atoms in total. The standard InChI is InChI=1S/C12H17Br2NO2S2/c1-8-11(7-12(14)18-8)19(16,17)15(2)10-6-4-3-5-9(10)13/h7,9-10H,3-6H2,1-2H3. The number of nitrogens with zero attached hydrogens (tertiary/aromatic N) is 1. The summed E-state index contributed by atoms with van der Waals surface area (Å²) >= 11 is 8.45. The fourth-order valence-corrected chi connectivity index (χ4v) is 7.40. The highest BCUT2D eigenvalue weighted by Crippen LogP contribution is 2.35. The van der Waals surface area contributed by atoms with Crippen LogP contribution in [0.1, 0.15) is 30.6 Å². The molecule has 1 fully saturated rings. The Bertz CT molecular complexity index is 556. The van der Waals surface area contributed by atoms with Crippen LogP contribution in [-0.4, -0.2) is 30.6 Å². The molecule has 1 aromatic heterocycles. The van der Waals surface area contributed by atoms with Gasteiger partial charge in [-0.3, -0.25) is 0 Å². The van der Waals surface area contributed by atoms with E-state index in [1.807, 2.05) is 6.92 Å². The van der Waals surface area contributed by atoms with E-state index in [0.29, 0.717) is 4.90 Å². The van der Waals surface area contributed by atoms with Gasteiger partial charge in [-0.05, 0) is 41.8 Å². The van der Waals surface area contributed by atoms with Crippen LogP contribution in [0.15, 0.2) is 14.7 Å². The molecule has 0 aromatic carbocycles. The van der Waals surface area contributed by atoms with E-state index in [2.05, 4.69) is 31.9 Å². The molecule has 0 bridgehead atoms. The first-order valence-electron chi connectivity index (χ1n) is 6.22. The normalized spacial score (nSPS) is 24.9. The van der Waals surface area contributed by atoms with Crippen LogP contribution in [-0.2, 0) is 10.0 Å². The molecule has 7 heteroatoms. The zero-order chi connectivity index (χ0) is 14.2. The van der Waals surface area contributed by atoms with Gasteiger partial charge in [0.2, 0.25) is 10.0 Å². The lowest BCUT2D eigenvalue weighted by Crippen LogP contribution is -2.44. The molecule has 1 aromatic rings. The predicted molar refractivity (Wildman–Crippen MR) is 86.7 cm³/mol. The molecule has 2 unspecified atom stereocenters. The second-order valence-corrected chi connectivity index (χ2v) is 10.6. The van der Waals surface area contributed by atoms with Crippen molar-refractivity contribution in [2.45, 2.75) is 48.4 Å². The maximum Gasteiger partial charge on any atom is 0.244 e. The summed E-state index contributed by atoms with van der Waals surface area (Å²) in [6.45, 7) is 1.85. The van der Waals surface area contributed by atoms with E-state index in [4.69, 9.17) is 0 Å². The third-order valence-electron chi connectivity index (χ3n) is 3.61. The Balaban J connectivity index is 2.31. The van der Waals surface area contributed by atoms with Gasteiger partial charge in [-0.1, -0.05) is 28.8 Å². The average molecular weight is 431 g/mol. The fraction of sp³-hybridized carbons (Fsp3) is 0.667. The van der Waals surface area contributed by atoms with Crippen LogP contribution >= 0.6 is 43.2 Å². The number of rotatable bonds is 3. The molecule has 0 radical (unpaired) electrons. The predicted octanol–water partition coefficient (Wildman–Crippen LogP) is 4.15. The second kappa shape index (κ2) is 6.13. The van der Waals surface area contributed by atoms with Crippen LogP contribution < -0.4 is 0 Å². The van der Waals surface area contributed by atoms with Crippen molar-refractivity contribution in [2.75, 3.05) is 7.05 Å². The van der Waals surface area contributed by atoms with E-state index in [1.54, 1.807) is 17.4 Å². The molecule has 1 saturated carbocycles. The zero-order valence-electron chi connectivity index (χ0n) is 10.9. The van der Waals surface area contributed by atoms with E-state index in [1.165, 1.54) is 17.8 Å². The number of alkyl halides is 1. The highest BCUT2D eigenvalue weighted by atomic mass is 79.9. The Morgan fingerprint density at radius 3 is 2.53 bits per heavy atom. The molecule has 2 rings (SSSR count). The van der Waals surface area contributed by atoms with E-state index in [0.717, 1.165) is 27.9 Å². The van der Waals surface area contributed by atoms with Crippen LogP contribution in [0.25, 0.3) is 0 Å². The van der Waals surface area contributed by atoms with Crippen LogP contribution in [0.4, 0.5) is 0 Å². The second-order valence-electron chi connectivity index (χ2n) is 4.86. The molecule has 1 heterocycles. The van der Waals surface area contributed by atoms with Crippen molar-refractivity contribution in [3.63, 3.8) is 0 Å². The summed E-state index contributed by atoms with van der Waals surface area (Å²) in [6, 6.07) is 1.76. The van der Waals surface area contributed by atoms with Crippen LogP contribution in [0.5, 0.6) is 0 Å². The average Bonchev–Trinajstić information content (AvgIpc) is 2.69. The Hall–Kier alpha value is 0.570. The Morgan fingerprint density at radius 1 is 1.37 bits per heavy atom. The highest BCUT2D eigenvalue weighted by molar-refractivity contribution is 9.11. The van der Waals surface area contributed by atoms with Gasteiger partial charge < -0.3 is 0 Å². The maximum atomic E-state index is 12.7.